The smallest absolute Gasteiger partial charge is 0.157 e. The zero-order valence-electron chi connectivity index (χ0n) is 8.75. The number of rotatable bonds is 5. The Labute approximate surface area is 84.9 Å². The van der Waals surface area contributed by atoms with Gasteiger partial charge in [-0.2, -0.15) is 0 Å². The van der Waals surface area contributed by atoms with E-state index in [2.05, 4.69) is 19.9 Å². The third-order valence-corrected chi connectivity index (χ3v) is 2.22. The number of aryl methyl sites for hydroxylation is 2. The van der Waals surface area contributed by atoms with Crippen LogP contribution in [0.15, 0.2) is 18.2 Å². The fourth-order valence-corrected chi connectivity index (χ4v) is 1.39. The second kappa shape index (κ2) is 5.43. The Morgan fingerprint density at radius 3 is 2.64 bits per heavy atom. The predicted molar refractivity (Wildman–Crippen MR) is 56.8 cm³/mol. The highest BCUT2D eigenvalue weighted by molar-refractivity contribution is 5.52. The lowest BCUT2D eigenvalue weighted by Gasteiger charge is -2.09. The summed E-state index contributed by atoms with van der Waals surface area (Å²) in [6.07, 6.45) is 2.73. The number of hydrogen-bond acceptors (Lipinski definition) is 2. The number of carbonyl (C=O) groups is 1. The van der Waals surface area contributed by atoms with Gasteiger partial charge in [0.1, 0.15) is 12.4 Å². The molecule has 0 bridgehead atoms. The molecule has 0 saturated carbocycles. The SMILES string of the molecule is CCc1ccc(OCC=O)c(CC)c1. The van der Waals surface area contributed by atoms with Crippen molar-refractivity contribution in [3.05, 3.63) is 29.3 Å². The van der Waals surface area contributed by atoms with Crippen molar-refractivity contribution < 1.29 is 9.53 Å². The van der Waals surface area contributed by atoms with Gasteiger partial charge in [-0.3, -0.25) is 4.79 Å². The molecule has 1 aromatic carbocycles. The van der Waals surface area contributed by atoms with Gasteiger partial charge in [0.25, 0.3) is 0 Å². The molecule has 76 valence electrons. The molecule has 14 heavy (non-hydrogen) atoms. The Kier molecular flexibility index (Phi) is 4.17. The summed E-state index contributed by atoms with van der Waals surface area (Å²) in [5, 5.41) is 0. The van der Waals surface area contributed by atoms with Gasteiger partial charge in [-0.05, 0) is 30.0 Å². The molecule has 0 unspecified atom stereocenters. The van der Waals surface area contributed by atoms with E-state index in [0.717, 1.165) is 24.9 Å². The van der Waals surface area contributed by atoms with Crippen LogP contribution in [0.1, 0.15) is 25.0 Å². The van der Waals surface area contributed by atoms with E-state index >= 15 is 0 Å². The molecule has 0 atom stereocenters. The molecule has 0 aliphatic carbocycles. The highest BCUT2D eigenvalue weighted by atomic mass is 16.5. The second-order valence-corrected chi connectivity index (χ2v) is 3.13. The van der Waals surface area contributed by atoms with Crippen LogP contribution in [0.25, 0.3) is 0 Å². The molecule has 0 aromatic heterocycles. The molecule has 2 nitrogen and oxygen atoms in total. The molecule has 0 heterocycles. The van der Waals surface area contributed by atoms with E-state index in [4.69, 9.17) is 4.74 Å². The molecule has 1 rings (SSSR count). The van der Waals surface area contributed by atoms with Crippen LogP contribution in [0.2, 0.25) is 0 Å². The maximum atomic E-state index is 10.2. The van der Waals surface area contributed by atoms with Crippen molar-refractivity contribution in [3.8, 4) is 5.75 Å². The lowest BCUT2D eigenvalue weighted by atomic mass is 10.1. The van der Waals surface area contributed by atoms with Crippen LogP contribution in [0.3, 0.4) is 0 Å². The first-order valence-corrected chi connectivity index (χ1v) is 5.00. The Morgan fingerprint density at radius 2 is 2.07 bits per heavy atom. The Hall–Kier alpha value is -1.31. The number of ether oxygens (including phenoxy) is 1. The zero-order valence-corrected chi connectivity index (χ0v) is 8.75. The van der Waals surface area contributed by atoms with Gasteiger partial charge >= 0.3 is 0 Å². The van der Waals surface area contributed by atoms with Crippen molar-refractivity contribution in [2.24, 2.45) is 0 Å². The van der Waals surface area contributed by atoms with Crippen LogP contribution < -0.4 is 4.74 Å². The minimum Gasteiger partial charge on any atom is -0.486 e. The van der Waals surface area contributed by atoms with Gasteiger partial charge in [0.2, 0.25) is 0 Å². The first-order chi connectivity index (χ1) is 6.81. The topological polar surface area (TPSA) is 26.3 Å². The van der Waals surface area contributed by atoms with E-state index in [9.17, 15) is 4.79 Å². The largest absolute Gasteiger partial charge is 0.486 e. The summed E-state index contributed by atoms with van der Waals surface area (Å²) in [6.45, 7) is 4.35. The van der Waals surface area contributed by atoms with Gasteiger partial charge in [0, 0.05) is 0 Å². The predicted octanol–water partition coefficient (Wildman–Crippen LogP) is 2.39. The molecule has 0 aliphatic rings. The van der Waals surface area contributed by atoms with E-state index < -0.39 is 0 Å². The summed E-state index contributed by atoms with van der Waals surface area (Å²) in [5.74, 6) is 0.830. The van der Waals surface area contributed by atoms with Gasteiger partial charge < -0.3 is 4.74 Å². The van der Waals surface area contributed by atoms with Crippen molar-refractivity contribution in [3.63, 3.8) is 0 Å². The quantitative estimate of drug-likeness (QED) is 0.669. The second-order valence-electron chi connectivity index (χ2n) is 3.13. The minimum absolute atomic E-state index is 0.137. The maximum Gasteiger partial charge on any atom is 0.157 e. The summed E-state index contributed by atoms with van der Waals surface area (Å²) in [6, 6.07) is 6.13. The summed E-state index contributed by atoms with van der Waals surface area (Å²) in [5.41, 5.74) is 2.48. The molecule has 0 fully saturated rings. The van der Waals surface area contributed by atoms with Crippen molar-refractivity contribution >= 4 is 6.29 Å². The van der Waals surface area contributed by atoms with Crippen molar-refractivity contribution in [2.75, 3.05) is 6.61 Å². The third kappa shape index (κ3) is 2.59. The standard InChI is InChI=1S/C12H16O2/c1-3-10-5-6-12(14-8-7-13)11(4-2)9-10/h5-7,9H,3-4,8H2,1-2H3. The number of aldehydes is 1. The van der Waals surface area contributed by atoms with Crippen molar-refractivity contribution in [2.45, 2.75) is 26.7 Å². The average Bonchev–Trinajstić information content (AvgIpc) is 2.26. The highest BCUT2D eigenvalue weighted by Gasteiger charge is 2.02. The van der Waals surface area contributed by atoms with Crippen LogP contribution in [-0.2, 0) is 17.6 Å². The van der Waals surface area contributed by atoms with Gasteiger partial charge in [-0.15, -0.1) is 0 Å². The van der Waals surface area contributed by atoms with E-state index in [1.807, 2.05) is 12.1 Å². The average molecular weight is 192 g/mol. The Balaban J connectivity index is 2.87. The molecule has 0 radical (unpaired) electrons. The van der Waals surface area contributed by atoms with E-state index in [-0.39, 0.29) is 6.61 Å². The Morgan fingerprint density at radius 1 is 1.29 bits per heavy atom. The zero-order chi connectivity index (χ0) is 10.4. The minimum atomic E-state index is 0.137. The summed E-state index contributed by atoms with van der Waals surface area (Å²) < 4.78 is 5.31. The van der Waals surface area contributed by atoms with Crippen LogP contribution >= 0.6 is 0 Å². The van der Waals surface area contributed by atoms with E-state index in [0.29, 0.717) is 0 Å². The number of benzene rings is 1. The van der Waals surface area contributed by atoms with Crippen molar-refractivity contribution in [1.82, 2.24) is 0 Å². The van der Waals surface area contributed by atoms with Crippen LogP contribution in [0, 0.1) is 0 Å². The van der Waals surface area contributed by atoms with E-state index in [1.54, 1.807) is 0 Å². The number of hydrogen-bond donors (Lipinski definition) is 0. The van der Waals surface area contributed by atoms with Gasteiger partial charge in [0.05, 0.1) is 0 Å². The molecule has 0 aliphatic heterocycles. The molecule has 0 N–H and O–H groups in total. The van der Waals surface area contributed by atoms with Gasteiger partial charge in [-0.25, -0.2) is 0 Å². The highest BCUT2D eigenvalue weighted by Crippen LogP contribution is 2.20. The fourth-order valence-electron chi connectivity index (χ4n) is 1.39. The first-order valence-electron chi connectivity index (χ1n) is 5.00. The van der Waals surface area contributed by atoms with E-state index in [1.165, 1.54) is 11.1 Å². The summed E-state index contributed by atoms with van der Waals surface area (Å²) in [7, 11) is 0. The van der Waals surface area contributed by atoms with Crippen molar-refractivity contribution in [1.29, 1.82) is 0 Å². The molecular weight excluding hydrogens is 176 g/mol. The van der Waals surface area contributed by atoms with Crippen LogP contribution in [-0.4, -0.2) is 12.9 Å². The maximum absolute atomic E-state index is 10.2. The normalized spacial score (nSPS) is 9.86. The molecule has 0 amide bonds. The Bertz CT molecular complexity index is 305. The summed E-state index contributed by atoms with van der Waals surface area (Å²) >= 11 is 0. The molecule has 0 saturated heterocycles. The third-order valence-electron chi connectivity index (χ3n) is 2.22. The first kappa shape index (κ1) is 10.8. The molecule has 0 spiro atoms. The van der Waals surface area contributed by atoms with Crippen LogP contribution in [0.5, 0.6) is 5.75 Å². The number of carbonyl (C=O) groups excluding carboxylic acids is 1. The van der Waals surface area contributed by atoms with Crippen LogP contribution in [0.4, 0.5) is 0 Å². The lowest BCUT2D eigenvalue weighted by molar-refractivity contribution is -0.109. The molecular formula is C12H16O2. The fraction of sp³-hybridized carbons (Fsp3) is 0.417. The van der Waals surface area contributed by atoms with Gasteiger partial charge in [0.15, 0.2) is 6.29 Å². The lowest BCUT2D eigenvalue weighted by Crippen LogP contribution is -2.01. The summed E-state index contributed by atoms with van der Waals surface area (Å²) in [4.78, 5) is 10.2. The molecule has 2 heteroatoms. The monoisotopic (exact) mass is 192 g/mol. The van der Waals surface area contributed by atoms with Gasteiger partial charge in [-0.1, -0.05) is 26.0 Å². The molecule has 1 aromatic rings.